The number of thiophene rings is 2. The molecule has 2 saturated carbocycles. The van der Waals surface area contributed by atoms with Gasteiger partial charge in [0.2, 0.25) is 0 Å². The molecule has 6 aliphatic rings. The van der Waals surface area contributed by atoms with Crippen LogP contribution in [0.3, 0.4) is 0 Å². The van der Waals surface area contributed by atoms with E-state index in [1.807, 2.05) is 66.7 Å². The van der Waals surface area contributed by atoms with E-state index >= 15 is 0 Å². The van der Waals surface area contributed by atoms with Crippen LogP contribution in [0.5, 0.6) is 11.5 Å². The summed E-state index contributed by atoms with van der Waals surface area (Å²) in [6.07, 6.45) is 8.13. The van der Waals surface area contributed by atoms with Crippen LogP contribution in [-0.2, 0) is 32.5 Å². The lowest BCUT2D eigenvalue weighted by atomic mass is 9.97. The SMILES string of the molecule is F.N[C@H](CN1CCCC1)[C@H](O)c1ccc(OC2CC2)c(Cl)c1.O=C(N[C@H](CN1CCCC1)[C@H](O)c1ccc(OC2CC2)cc1)C1=NOCc2c1ccc1sc(Cl)cc21.O=C(O)C1=NOCc2c1ccc1sc(Cl)cc21. The second kappa shape index (κ2) is 24.5. The number of benzene rings is 4. The highest BCUT2D eigenvalue weighted by Gasteiger charge is 2.32. The Labute approximate surface area is 456 Å². The van der Waals surface area contributed by atoms with E-state index in [4.69, 9.17) is 64.8 Å². The third kappa shape index (κ3) is 13.4. The fourth-order valence-corrected chi connectivity index (χ4v) is 12.2. The Bertz CT molecular complexity index is 3070. The highest BCUT2D eigenvalue weighted by Crippen LogP contribution is 2.38. The van der Waals surface area contributed by atoms with Crippen molar-refractivity contribution in [1.82, 2.24) is 15.1 Å². The van der Waals surface area contributed by atoms with Crippen LogP contribution < -0.4 is 20.5 Å². The fraction of sp³-hybridized carbons (Fsp3) is 0.407. The first kappa shape index (κ1) is 54.7. The molecule has 75 heavy (non-hydrogen) atoms. The summed E-state index contributed by atoms with van der Waals surface area (Å²) in [4.78, 5) is 39.5. The average Bonchev–Trinajstić information content (AvgIpc) is 4.12. The molecule has 2 aliphatic carbocycles. The van der Waals surface area contributed by atoms with Crippen LogP contribution in [0.1, 0.15) is 97.0 Å². The van der Waals surface area contributed by atoms with E-state index in [0.29, 0.717) is 43.8 Å². The summed E-state index contributed by atoms with van der Waals surface area (Å²) in [6, 6.07) is 23.4. The van der Waals surface area contributed by atoms with Gasteiger partial charge in [-0.15, -0.1) is 22.7 Å². The first-order valence-corrected chi connectivity index (χ1v) is 27.8. The van der Waals surface area contributed by atoms with Crippen molar-refractivity contribution in [3.8, 4) is 11.5 Å². The summed E-state index contributed by atoms with van der Waals surface area (Å²) < 4.78 is 15.0. The predicted octanol–water partition coefficient (Wildman–Crippen LogP) is 10.0. The Hall–Kier alpha value is -5.12. The lowest BCUT2D eigenvalue weighted by molar-refractivity contribution is -0.129. The lowest BCUT2D eigenvalue weighted by Gasteiger charge is -2.29. The van der Waals surface area contributed by atoms with Gasteiger partial charge in [0.05, 0.1) is 38.0 Å². The molecule has 6 N–H and O–H groups in total. The Morgan fingerprint density at radius 3 is 1.76 bits per heavy atom. The minimum absolute atomic E-state index is 0. The van der Waals surface area contributed by atoms with Crippen molar-refractivity contribution in [3.63, 3.8) is 0 Å². The summed E-state index contributed by atoms with van der Waals surface area (Å²) in [5.74, 6) is 0.0437. The molecule has 0 radical (unpaired) electrons. The molecular weight excluding hydrogens is 1070 g/mol. The van der Waals surface area contributed by atoms with Crippen molar-refractivity contribution in [3.05, 3.63) is 126 Å². The summed E-state index contributed by atoms with van der Waals surface area (Å²) in [7, 11) is 0. The molecule has 4 fully saturated rings. The first-order valence-electron chi connectivity index (χ1n) is 25.0. The summed E-state index contributed by atoms with van der Waals surface area (Å²) >= 11 is 21.4. The minimum Gasteiger partial charge on any atom is -0.490 e. The predicted molar refractivity (Wildman–Crippen MR) is 293 cm³/mol. The van der Waals surface area contributed by atoms with E-state index in [-0.39, 0.29) is 41.3 Å². The van der Waals surface area contributed by atoms with Gasteiger partial charge in [-0.05, 0) is 137 Å². The number of aliphatic carboxylic acids is 1. The fourth-order valence-electron chi connectivity index (χ4n) is 9.60. The van der Waals surface area contributed by atoms with E-state index in [1.54, 1.807) is 12.1 Å². The van der Waals surface area contributed by atoms with Crippen molar-refractivity contribution in [2.24, 2.45) is 16.0 Å². The number of nitrogens with zero attached hydrogens (tertiary/aromatic N) is 4. The Kier molecular flexibility index (Phi) is 17.8. The van der Waals surface area contributed by atoms with Crippen LogP contribution in [0.2, 0.25) is 13.7 Å². The monoisotopic (exact) mass is 1120 g/mol. The Balaban J connectivity index is 0.000000150. The zero-order chi connectivity index (χ0) is 51.5. The van der Waals surface area contributed by atoms with Crippen molar-refractivity contribution < 1.29 is 48.8 Å². The molecule has 12 rings (SSSR count). The van der Waals surface area contributed by atoms with Crippen LogP contribution in [0.15, 0.2) is 89.2 Å². The molecule has 398 valence electrons. The van der Waals surface area contributed by atoms with Crippen LogP contribution in [-0.4, -0.2) is 112 Å². The van der Waals surface area contributed by atoms with Gasteiger partial charge in [-0.25, -0.2) is 4.79 Å². The number of carboxylic acids is 1. The number of oxime groups is 2. The number of hydrogen-bond acceptors (Lipinski definition) is 15. The summed E-state index contributed by atoms with van der Waals surface area (Å²) in [5, 5.41) is 44.0. The topological polar surface area (TPSA) is 201 Å². The summed E-state index contributed by atoms with van der Waals surface area (Å²) in [5.41, 5.74) is 10.9. The molecule has 4 aliphatic heterocycles. The average molecular weight is 1120 g/mol. The third-order valence-corrected chi connectivity index (χ3v) is 16.6. The maximum absolute atomic E-state index is 13.5. The molecule has 0 bridgehead atoms. The minimum atomic E-state index is -1.09. The molecule has 21 heteroatoms. The number of hydrogen-bond donors (Lipinski definition) is 5. The van der Waals surface area contributed by atoms with E-state index in [0.717, 1.165) is 125 Å². The maximum atomic E-state index is 13.5. The molecule has 4 aromatic carbocycles. The molecule has 4 atom stereocenters. The highest BCUT2D eigenvalue weighted by atomic mass is 35.5. The number of nitrogens with two attached hydrogens (primary N) is 1. The summed E-state index contributed by atoms with van der Waals surface area (Å²) in [6.45, 7) is 5.90. The van der Waals surface area contributed by atoms with Gasteiger partial charge in [0.1, 0.15) is 30.8 Å². The number of nitrogens with one attached hydrogen (secondary N) is 1. The van der Waals surface area contributed by atoms with Crippen LogP contribution in [0.25, 0.3) is 20.2 Å². The second-order valence-electron chi connectivity index (χ2n) is 19.4. The molecule has 15 nitrogen and oxygen atoms in total. The number of carbonyl (C=O) groups excluding carboxylic acids is 1. The standard InChI is InChI=1S/C27H28ClN3O4S.C16H23ClN2O2.C11H6ClNO3S.FH/c28-24-13-20-21-15-34-30-25(19(21)9-10-23(20)36-24)27(33)29-22(14-31-11-1-2-12-31)26(32)16-3-5-17(6-4-16)35-18-7-8-18;17-13-9-11(3-6-15(13)21-12-4-5-12)16(20)14(18)10-19-7-1-2-8-19;12-9-3-6-7-4-16-13-10(11(14)15)5(7)1-2-8(6)17-9;/h3-6,9-10,13,18,22,26,32H,1-2,7-8,11-12,14-15H2,(H,29,33);3,6,9,12,14,16,20H,1-2,4-5,7-8,10,18H2;1-3H,4H2,(H,14,15);1H/t22-,26-;14-,16-;;/m11../s1. The van der Waals surface area contributed by atoms with Gasteiger partial charge in [-0.1, -0.05) is 75.4 Å². The number of aliphatic hydroxyl groups excluding tert-OH is 2. The van der Waals surface area contributed by atoms with Gasteiger partial charge in [0.15, 0.2) is 11.4 Å². The number of ether oxygens (including phenoxy) is 2. The Morgan fingerprint density at radius 1 is 0.693 bits per heavy atom. The van der Waals surface area contributed by atoms with Crippen LogP contribution in [0, 0.1) is 0 Å². The van der Waals surface area contributed by atoms with Gasteiger partial charge < -0.3 is 55.3 Å². The van der Waals surface area contributed by atoms with Crippen molar-refractivity contribution >= 4 is 101 Å². The molecule has 1 amide bonds. The van der Waals surface area contributed by atoms with Crippen molar-refractivity contribution in [1.29, 1.82) is 0 Å². The molecular formula is C54H58Cl3FN6O9S2. The van der Waals surface area contributed by atoms with E-state index in [2.05, 4.69) is 25.4 Å². The van der Waals surface area contributed by atoms with Crippen LogP contribution in [0.4, 0.5) is 4.70 Å². The third-order valence-electron chi connectivity index (χ3n) is 13.8. The number of halogens is 4. The van der Waals surface area contributed by atoms with Crippen LogP contribution >= 0.6 is 57.5 Å². The van der Waals surface area contributed by atoms with Crippen molar-refractivity contribution in [2.75, 3.05) is 39.3 Å². The molecule has 0 spiro atoms. The van der Waals surface area contributed by atoms with Gasteiger partial charge in [-0.3, -0.25) is 9.50 Å². The first-order chi connectivity index (χ1) is 35.8. The van der Waals surface area contributed by atoms with Gasteiger partial charge >= 0.3 is 5.97 Å². The molecule has 6 aromatic rings. The largest absolute Gasteiger partial charge is 0.490 e. The Morgan fingerprint density at radius 2 is 1.21 bits per heavy atom. The van der Waals surface area contributed by atoms with E-state index < -0.39 is 24.2 Å². The quantitative estimate of drug-likeness (QED) is 0.0653. The second-order valence-corrected chi connectivity index (χ2v) is 23.2. The number of likely N-dealkylation sites (tertiary alicyclic amines) is 2. The van der Waals surface area contributed by atoms with Gasteiger partial charge in [0, 0.05) is 61.6 Å². The molecule has 2 aromatic heterocycles. The van der Waals surface area contributed by atoms with Gasteiger partial charge in [-0.2, -0.15) is 0 Å². The van der Waals surface area contributed by atoms with Crippen molar-refractivity contribution in [2.45, 2.75) is 101 Å². The number of aliphatic hydroxyl groups is 2. The van der Waals surface area contributed by atoms with E-state index in [1.165, 1.54) is 35.5 Å². The zero-order valence-electron chi connectivity index (χ0n) is 40.8. The maximum Gasteiger partial charge on any atom is 0.358 e. The molecule has 2 saturated heterocycles. The number of carboxylic acid groups (broad SMARTS) is 1. The number of amides is 1. The van der Waals surface area contributed by atoms with Gasteiger partial charge in [0.25, 0.3) is 5.91 Å². The lowest BCUT2D eigenvalue weighted by Crippen LogP contribution is -2.49. The van der Waals surface area contributed by atoms with E-state index in [9.17, 15) is 19.8 Å². The number of fused-ring (bicyclic) bond motifs is 6. The smallest absolute Gasteiger partial charge is 0.358 e. The number of carbonyl (C=O) groups is 2. The molecule has 0 unspecified atom stereocenters. The zero-order valence-corrected chi connectivity index (χ0v) is 44.7. The normalized spacial score (nSPS) is 18.7. The highest BCUT2D eigenvalue weighted by molar-refractivity contribution is 7.23. The molecule has 6 heterocycles. The number of rotatable bonds is 15.